The van der Waals surface area contributed by atoms with Crippen molar-refractivity contribution in [2.75, 3.05) is 11.9 Å². The number of rotatable bonds is 6. The minimum absolute atomic E-state index is 0.129. The van der Waals surface area contributed by atoms with E-state index in [9.17, 15) is 9.59 Å². The molecule has 2 N–H and O–H groups in total. The predicted octanol–water partition coefficient (Wildman–Crippen LogP) is 1.97. The Morgan fingerprint density at radius 2 is 2.00 bits per heavy atom. The van der Waals surface area contributed by atoms with E-state index in [4.69, 9.17) is 0 Å². The molecule has 1 unspecified atom stereocenters. The number of nitrogens with one attached hydrogen (secondary N) is 2. The van der Waals surface area contributed by atoms with Crippen LogP contribution < -0.4 is 16.6 Å². The van der Waals surface area contributed by atoms with Gasteiger partial charge in [0.2, 0.25) is 0 Å². The third-order valence-corrected chi connectivity index (χ3v) is 3.13. The first-order chi connectivity index (χ1) is 8.45. The molecule has 1 rings (SSSR count). The molecule has 0 fully saturated rings. The second-order valence-electron chi connectivity index (χ2n) is 5.02. The number of H-pyrrole nitrogens is 1. The lowest BCUT2D eigenvalue weighted by Gasteiger charge is -2.12. The Hall–Kier alpha value is -1.52. The van der Waals surface area contributed by atoms with Crippen LogP contribution in [-0.4, -0.2) is 16.1 Å². The van der Waals surface area contributed by atoms with Crippen LogP contribution in [0.15, 0.2) is 15.7 Å². The van der Waals surface area contributed by atoms with Crippen molar-refractivity contribution in [1.82, 2.24) is 9.55 Å². The molecule has 102 valence electrons. The van der Waals surface area contributed by atoms with Gasteiger partial charge >= 0.3 is 5.69 Å². The van der Waals surface area contributed by atoms with Gasteiger partial charge in [0.15, 0.2) is 0 Å². The Balaban J connectivity index is 2.76. The Morgan fingerprint density at radius 1 is 1.33 bits per heavy atom. The summed E-state index contributed by atoms with van der Waals surface area (Å²) >= 11 is 0. The predicted molar refractivity (Wildman–Crippen MR) is 74.3 cm³/mol. The molecule has 0 aliphatic rings. The Labute approximate surface area is 107 Å². The summed E-state index contributed by atoms with van der Waals surface area (Å²) in [6, 6.07) is 1.31. The molecule has 0 spiro atoms. The minimum atomic E-state index is -0.358. The molecule has 18 heavy (non-hydrogen) atoms. The molecular formula is C13H23N3O2. The number of aromatic nitrogens is 2. The van der Waals surface area contributed by atoms with Crippen molar-refractivity contribution < 1.29 is 0 Å². The third kappa shape index (κ3) is 3.75. The van der Waals surface area contributed by atoms with Gasteiger partial charge < -0.3 is 5.32 Å². The first-order valence-electron chi connectivity index (χ1n) is 6.55. The van der Waals surface area contributed by atoms with E-state index in [-0.39, 0.29) is 17.3 Å². The maximum absolute atomic E-state index is 11.8. The maximum atomic E-state index is 11.8. The van der Waals surface area contributed by atoms with Gasteiger partial charge in [0, 0.05) is 18.7 Å². The first-order valence-corrected chi connectivity index (χ1v) is 6.55. The highest BCUT2D eigenvalue weighted by Gasteiger charge is 2.07. The van der Waals surface area contributed by atoms with Crippen LogP contribution in [0.25, 0.3) is 0 Å². The van der Waals surface area contributed by atoms with Crippen LogP contribution >= 0.6 is 0 Å². The van der Waals surface area contributed by atoms with Crippen LogP contribution in [0.5, 0.6) is 0 Å². The molecule has 1 atom stereocenters. The number of anilines is 1. The van der Waals surface area contributed by atoms with E-state index in [1.165, 1.54) is 10.6 Å². The standard InChI is InChI=1S/C13H23N3O2/c1-5-10(4)6-7-14-11-8-12(17)16(9(2)3)13(18)15-11/h8-10,14H,5-7H2,1-4H3,(H,15,18). The summed E-state index contributed by atoms with van der Waals surface area (Å²) in [4.78, 5) is 26.2. The molecule has 0 aliphatic heterocycles. The lowest BCUT2D eigenvalue weighted by atomic mass is 10.1. The second kappa shape index (κ2) is 6.42. The maximum Gasteiger partial charge on any atom is 0.330 e. The number of hydrogen-bond acceptors (Lipinski definition) is 3. The summed E-state index contributed by atoms with van der Waals surface area (Å²) in [6.07, 6.45) is 2.15. The molecule has 0 amide bonds. The fourth-order valence-corrected chi connectivity index (χ4v) is 1.75. The van der Waals surface area contributed by atoms with Gasteiger partial charge in [0.25, 0.3) is 5.56 Å². The van der Waals surface area contributed by atoms with Crippen LogP contribution in [0.1, 0.15) is 46.6 Å². The fourth-order valence-electron chi connectivity index (χ4n) is 1.75. The smallest absolute Gasteiger partial charge is 0.330 e. The van der Waals surface area contributed by atoms with Crippen molar-refractivity contribution in [2.24, 2.45) is 5.92 Å². The van der Waals surface area contributed by atoms with Gasteiger partial charge in [-0.15, -0.1) is 0 Å². The lowest BCUT2D eigenvalue weighted by Crippen LogP contribution is -2.36. The van der Waals surface area contributed by atoms with Crippen LogP contribution in [0.3, 0.4) is 0 Å². The molecule has 0 saturated heterocycles. The van der Waals surface area contributed by atoms with Crippen LogP contribution in [0.4, 0.5) is 5.82 Å². The van der Waals surface area contributed by atoms with Crippen molar-refractivity contribution >= 4 is 5.82 Å². The highest BCUT2D eigenvalue weighted by Crippen LogP contribution is 2.06. The molecular weight excluding hydrogens is 230 g/mol. The summed E-state index contributed by atoms with van der Waals surface area (Å²) in [5.74, 6) is 1.14. The van der Waals surface area contributed by atoms with Gasteiger partial charge in [-0.25, -0.2) is 4.79 Å². The zero-order chi connectivity index (χ0) is 13.7. The van der Waals surface area contributed by atoms with E-state index in [0.29, 0.717) is 11.7 Å². The molecule has 5 nitrogen and oxygen atoms in total. The second-order valence-corrected chi connectivity index (χ2v) is 5.02. The van der Waals surface area contributed by atoms with Crippen molar-refractivity contribution in [3.63, 3.8) is 0 Å². The van der Waals surface area contributed by atoms with E-state index >= 15 is 0 Å². The topological polar surface area (TPSA) is 66.9 Å². The van der Waals surface area contributed by atoms with Crippen molar-refractivity contribution in [3.8, 4) is 0 Å². The number of nitrogens with zero attached hydrogens (tertiary/aromatic N) is 1. The van der Waals surface area contributed by atoms with E-state index in [2.05, 4.69) is 24.1 Å². The molecule has 1 aromatic rings. The van der Waals surface area contributed by atoms with Gasteiger partial charge in [0.1, 0.15) is 5.82 Å². The molecule has 1 heterocycles. The quantitative estimate of drug-likeness (QED) is 0.814. The SMILES string of the molecule is CCC(C)CCNc1cc(=O)n(C(C)C)c(=O)[nH]1. The summed E-state index contributed by atoms with van der Waals surface area (Å²) in [6.45, 7) is 8.72. The Bertz CT molecular complexity index is 456. The molecule has 1 aromatic heterocycles. The molecule has 5 heteroatoms. The van der Waals surface area contributed by atoms with E-state index < -0.39 is 0 Å². The van der Waals surface area contributed by atoms with Gasteiger partial charge in [-0.05, 0) is 26.2 Å². The van der Waals surface area contributed by atoms with Crippen molar-refractivity contribution in [2.45, 2.75) is 46.6 Å². The van der Waals surface area contributed by atoms with Crippen molar-refractivity contribution in [1.29, 1.82) is 0 Å². The number of aromatic amines is 1. The minimum Gasteiger partial charge on any atom is -0.371 e. The van der Waals surface area contributed by atoms with Crippen LogP contribution in [0, 0.1) is 5.92 Å². The van der Waals surface area contributed by atoms with E-state index in [1.54, 1.807) is 0 Å². The largest absolute Gasteiger partial charge is 0.371 e. The number of hydrogen-bond donors (Lipinski definition) is 2. The summed E-state index contributed by atoms with van der Waals surface area (Å²) in [5, 5.41) is 3.09. The van der Waals surface area contributed by atoms with Gasteiger partial charge in [-0.3, -0.25) is 14.3 Å². The highest BCUT2D eigenvalue weighted by molar-refractivity contribution is 5.31. The normalized spacial score (nSPS) is 12.7. The molecule has 0 aliphatic carbocycles. The molecule has 0 bridgehead atoms. The van der Waals surface area contributed by atoms with Gasteiger partial charge in [-0.1, -0.05) is 20.3 Å². The summed E-state index contributed by atoms with van der Waals surface area (Å²) < 4.78 is 1.21. The molecule has 0 aromatic carbocycles. The molecule has 0 radical (unpaired) electrons. The zero-order valence-corrected chi connectivity index (χ0v) is 11.6. The average Bonchev–Trinajstić information content (AvgIpc) is 2.27. The Kier molecular flexibility index (Phi) is 5.19. The summed E-state index contributed by atoms with van der Waals surface area (Å²) in [7, 11) is 0. The summed E-state index contributed by atoms with van der Waals surface area (Å²) in [5.41, 5.74) is -0.622. The average molecular weight is 253 g/mol. The van der Waals surface area contributed by atoms with Gasteiger partial charge in [0.05, 0.1) is 0 Å². The van der Waals surface area contributed by atoms with Gasteiger partial charge in [-0.2, -0.15) is 0 Å². The zero-order valence-electron chi connectivity index (χ0n) is 11.6. The van der Waals surface area contributed by atoms with E-state index in [1.807, 2.05) is 13.8 Å². The van der Waals surface area contributed by atoms with Crippen molar-refractivity contribution in [3.05, 3.63) is 26.9 Å². The third-order valence-electron chi connectivity index (χ3n) is 3.13. The highest BCUT2D eigenvalue weighted by atomic mass is 16.2. The lowest BCUT2D eigenvalue weighted by molar-refractivity contribution is 0.529. The fraction of sp³-hybridized carbons (Fsp3) is 0.692. The van der Waals surface area contributed by atoms with Crippen LogP contribution in [0.2, 0.25) is 0 Å². The van der Waals surface area contributed by atoms with E-state index in [0.717, 1.165) is 19.4 Å². The molecule has 0 saturated carbocycles. The monoisotopic (exact) mass is 253 g/mol. The van der Waals surface area contributed by atoms with Crippen LogP contribution in [-0.2, 0) is 0 Å². The first kappa shape index (κ1) is 14.5. The Morgan fingerprint density at radius 3 is 2.50 bits per heavy atom.